The average molecular weight is 249 g/mol. The number of hydrogen-bond acceptors (Lipinski definition) is 2. The molecule has 2 heteroatoms. The Bertz CT molecular complexity index is 310. The lowest BCUT2D eigenvalue weighted by molar-refractivity contribution is 0.159. The minimum absolute atomic E-state index is 0.160. The molecule has 2 atom stereocenters. The number of rotatable bonds is 8. The number of benzene rings is 1. The van der Waals surface area contributed by atoms with E-state index in [1.807, 2.05) is 6.92 Å². The van der Waals surface area contributed by atoms with Gasteiger partial charge in [-0.05, 0) is 36.8 Å². The third kappa shape index (κ3) is 5.19. The summed E-state index contributed by atoms with van der Waals surface area (Å²) >= 11 is 0. The van der Waals surface area contributed by atoms with Crippen molar-refractivity contribution in [2.24, 2.45) is 5.92 Å². The third-order valence-electron chi connectivity index (χ3n) is 3.52. The summed E-state index contributed by atoms with van der Waals surface area (Å²) in [6.45, 7) is 8.43. The van der Waals surface area contributed by atoms with E-state index in [-0.39, 0.29) is 6.10 Å². The molecule has 18 heavy (non-hydrogen) atoms. The summed E-state index contributed by atoms with van der Waals surface area (Å²) in [5, 5.41) is 13.0. The fourth-order valence-corrected chi connectivity index (χ4v) is 2.17. The van der Waals surface area contributed by atoms with Crippen LogP contribution < -0.4 is 5.32 Å². The Morgan fingerprint density at radius 3 is 2.39 bits per heavy atom. The van der Waals surface area contributed by atoms with Gasteiger partial charge in [0.1, 0.15) is 0 Å². The number of hydrogen-bond donors (Lipinski definition) is 2. The second kappa shape index (κ2) is 8.28. The topological polar surface area (TPSA) is 32.3 Å². The molecule has 0 aliphatic heterocycles. The largest absolute Gasteiger partial charge is 0.393 e. The highest BCUT2D eigenvalue weighted by Crippen LogP contribution is 2.23. The van der Waals surface area contributed by atoms with Crippen molar-refractivity contribution in [3.63, 3.8) is 0 Å². The SMILES string of the molecule is CCC(O)CCNCC(c1ccccc1)C(C)C. The molecule has 0 saturated heterocycles. The second-order valence-electron chi connectivity index (χ2n) is 5.32. The zero-order valence-corrected chi connectivity index (χ0v) is 11.9. The molecule has 0 fully saturated rings. The highest BCUT2D eigenvalue weighted by Gasteiger charge is 2.14. The maximum atomic E-state index is 9.51. The zero-order chi connectivity index (χ0) is 13.4. The molecule has 0 bridgehead atoms. The van der Waals surface area contributed by atoms with Crippen LogP contribution in [-0.4, -0.2) is 24.3 Å². The molecule has 0 spiro atoms. The van der Waals surface area contributed by atoms with E-state index in [4.69, 9.17) is 0 Å². The molecule has 1 rings (SSSR count). The van der Waals surface area contributed by atoms with Gasteiger partial charge < -0.3 is 10.4 Å². The molecule has 0 saturated carbocycles. The minimum Gasteiger partial charge on any atom is -0.393 e. The molecule has 2 nitrogen and oxygen atoms in total. The fraction of sp³-hybridized carbons (Fsp3) is 0.625. The Kier molecular flexibility index (Phi) is 6.99. The van der Waals surface area contributed by atoms with Crippen LogP contribution in [0.1, 0.15) is 45.1 Å². The highest BCUT2D eigenvalue weighted by molar-refractivity contribution is 5.20. The van der Waals surface area contributed by atoms with Gasteiger partial charge in [-0.1, -0.05) is 51.1 Å². The first kappa shape index (κ1) is 15.2. The lowest BCUT2D eigenvalue weighted by atomic mass is 9.88. The lowest BCUT2D eigenvalue weighted by Gasteiger charge is -2.22. The van der Waals surface area contributed by atoms with E-state index < -0.39 is 0 Å². The van der Waals surface area contributed by atoms with Crippen LogP contribution in [0.5, 0.6) is 0 Å². The molecule has 1 aromatic rings. The summed E-state index contributed by atoms with van der Waals surface area (Å²) in [5.41, 5.74) is 1.40. The van der Waals surface area contributed by atoms with E-state index >= 15 is 0 Å². The molecule has 0 heterocycles. The maximum absolute atomic E-state index is 9.51. The molecule has 2 unspecified atom stereocenters. The molecule has 2 N–H and O–H groups in total. The maximum Gasteiger partial charge on any atom is 0.0549 e. The number of aliphatic hydroxyl groups is 1. The summed E-state index contributed by atoms with van der Waals surface area (Å²) in [6.07, 6.45) is 1.52. The van der Waals surface area contributed by atoms with Crippen LogP contribution in [0.4, 0.5) is 0 Å². The van der Waals surface area contributed by atoms with Gasteiger partial charge in [-0.25, -0.2) is 0 Å². The van der Waals surface area contributed by atoms with Crippen molar-refractivity contribution in [3.05, 3.63) is 35.9 Å². The van der Waals surface area contributed by atoms with Gasteiger partial charge in [0, 0.05) is 6.54 Å². The molecular formula is C16H27NO. The van der Waals surface area contributed by atoms with Crippen molar-refractivity contribution in [1.29, 1.82) is 0 Å². The first-order valence-corrected chi connectivity index (χ1v) is 7.08. The van der Waals surface area contributed by atoms with E-state index in [2.05, 4.69) is 49.5 Å². The quantitative estimate of drug-likeness (QED) is 0.694. The molecule has 0 amide bonds. The minimum atomic E-state index is -0.160. The molecule has 102 valence electrons. The Morgan fingerprint density at radius 1 is 1.17 bits per heavy atom. The van der Waals surface area contributed by atoms with Crippen molar-refractivity contribution in [2.75, 3.05) is 13.1 Å². The smallest absolute Gasteiger partial charge is 0.0549 e. The van der Waals surface area contributed by atoms with Gasteiger partial charge in [-0.15, -0.1) is 0 Å². The van der Waals surface area contributed by atoms with Crippen LogP contribution in [0, 0.1) is 5.92 Å². The summed E-state index contributed by atoms with van der Waals surface area (Å²) in [5.74, 6) is 1.17. The summed E-state index contributed by atoms with van der Waals surface area (Å²) in [4.78, 5) is 0. The van der Waals surface area contributed by atoms with Crippen LogP contribution >= 0.6 is 0 Å². The zero-order valence-electron chi connectivity index (χ0n) is 11.9. The molecular weight excluding hydrogens is 222 g/mol. The predicted molar refractivity (Wildman–Crippen MR) is 77.8 cm³/mol. The molecule has 0 radical (unpaired) electrons. The van der Waals surface area contributed by atoms with Crippen molar-refractivity contribution in [2.45, 2.75) is 45.6 Å². The molecule has 0 aliphatic carbocycles. The van der Waals surface area contributed by atoms with E-state index in [1.165, 1.54) is 5.56 Å². The number of nitrogens with one attached hydrogen (secondary N) is 1. The second-order valence-corrected chi connectivity index (χ2v) is 5.32. The summed E-state index contributed by atoms with van der Waals surface area (Å²) < 4.78 is 0. The van der Waals surface area contributed by atoms with Gasteiger partial charge >= 0.3 is 0 Å². The van der Waals surface area contributed by atoms with Gasteiger partial charge in [0.2, 0.25) is 0 Å². The van der Waals surface area contributed by atoms with Gasteiger partial charge in [0.25, 0.3) is 0 Å². The Hall–Kier alpha value is -0.860. The molecule has 0 aromatic heterocycles. The fourth-order valence-electron chi connectivity index (χ4n) is 2.17. The first-order chi connectivity index (χ1) is 8.65. The van der Waals surface area contributed by atoms with Crippen molar-refractivity contribution >= 4 is 0 Å². The van der Waals surface area contributed by atoms with Gasteiger partial charge in [0.15, 0.2) is 0 Å². The van der Waals surface area contributed by atoms with Crippen LogP contribution in [0.3, 0.4) is 0 Å². The highest BCUT2D eigenvalue weighted by atomic mass is 16.3. The van der Waals surface area contributed by atoms with Gasteiger partial charge in [-0.3, -0.25) is 0 Å². The number of aliphatic hydroxyl groups excluding tert-OH is 1. The first-order valence-electron chi connectivity index (χ1n) is 7.08. The van der Waals surface area contributed by atoms with Gasteiger partial charge in [0.05, 0.1) is 6.10 Å². The van der Waals surface area contributed by atoms with Crippen LogP contribution in [0.2, 0.25) is 0 Å². The van der Waals surface area contributed by atoms with E-state index in [9.17, 15) is 5.11 Å². The Morgan fingerprint density at radius 2 is 1.83 bits per heavy atom. The van der Waals surface area contributed by atoms with Crippen LogP contribution in [-0.2, 0) is 0 Å². The lowest BCUT2D eigenvalue weighted by Crippen LogP contribution is -2.27. The van der Waals surface area contributed by atoms with E-state index in [0.29, 0.717) is 11.8 Å². The van der Waals surface area contributed by atoms with Crippen molar-refractivity contribution in [1.82, 2.24) is 5.32 Å². The monoisotopic (exact) mass is 249 g/mol. The van der Waals surface area contributed by atoms with Crippen LogP contribution in [0.15, 0.2) is 30.3 Å². The van der Waals surface area contributed by atoms with Crippen molar-refractivity contribution in [3.8, 4) is 0 Å². The van der Waals surface area contributed by atoms with E-state index in [0.717, 1.165) is 25.9 Å². The molecule has 1 aromatic carbocycles. The summed E-state index contributed by atoms with van der Waals surface area (Å²) in [6, 6.07) is 10.7. The third-order valence-corrected chi connectivity index (χ3v) is 3.52. The van der Waals surface area contributed by atoms with Crippen molar-refractivity contribution < 1.29 is 5.11 Å². The average Bonchev–Trinajstić information content (AvgIpc) is 2.38. The molecule has 0 aliphatic rings. The normalized spacial score (nSPS) is 14.7. The summed E-state index contributed by atoms with van der Waals surface area (Å²) in [7, 11) is 0. The Labute approximate surface area is 111 Å². The standard InChI is InChI=1S/C16H27NO/c1-4-15(18)10-11-17-12-16(13(2)3)14-8-6-5-7-9-14/h5-9,13,15-18H,4,10-12H2,1-3H3. The Balaban J connectivity index is 2.40. The van der Waals surface area contributed by atoms with Gasteiger partial charge in [-0.2, -0.15) is 0 Å². The van der Waals surface area contributed by atoms with Crippen LogP contribution in [0.25, 0.3) is 0 Å². The van der Waals surface area contributed by atoms with E-state index in [1.54, 1.807) is 0 Å². The predicted octanol–water partition coefficient (Wildman–Crippen LogP) is 3.18.